The molecule has 1 heterocycles. The third kappa shape index (κ3) is 5.64. The molecule has 2 N–H and O–H groups in total. The zero-order chi connectivity index (χ0) is 8.32. The molecule has 0 atom stereocenters. The van der Waals surface area contributed by atoms with Crippen LogP contribution in [0.5, 0.6) is 0 Å². The van der Waals surface area contributed by atoms with E-state index in [2.05, 4.69) is 4.62 Å². The Kier molecular flexibility index (Phi) is 6.18. The van der Waals surface area contributed by atoms with Crippen LogP contribution in [0.3, 0.4) is 0 Å². The molecule has 0 amide bonds. The number of phosphoric acid groups is 1. The van der Waals surface area contributed by atoms with Gasteiger partial charge in [-0.25, -0.2) is 4.57 Å². The third-order valence-electron chi connectivity index (χ3n) is 1.19. The molecule has 0 aromatic rings. The summed E-state index contributed by atoms with van der Waals surface area (Å²) in [4.78, 5) is 16.8. The normalized spacial score (nSPS) is 20.2. The molecule has 68 valence electrons. The predicted octanol–water partition coefficient (Wildman–Crippen LogP) is -1.31. The minimum absolute atomic E-state index is 0. The quantitative estimate of drug-likeness (QED) is 0.432. The van der Waals surface area contributed by atoms with Crippen LogP contribution in [0, 0.1) is 0 Å². The number of hydrogen-bond donors (Lipinski definition) is 2. The van der Waals surface area contributed by atoms with Gasteiger partial charge in [-0.1, -0.05) is 0 Å². The fraction of sp³-hybridized carbons (Fsp3) is 1.00. The maximum atomic E-state index is 10.3. The summed E-state index contributed by atoms with van der Waals surface area (Å²) in [6, 6.07) is 0. The average molecular weight is 207 g/mol. The van der Waals surface area contributed by atoms with Crippen LogP contribution in [0.4, 0.5) is 0 Å². The van der Waals surface area contributed by atoms with Crippen LogP contribution in [0.15, 0.2) is 0 Å². The molecule has 1 rings (SSSR count). The molecule has 0 aliphatic carbocycles. The molecule has 6 nitrogen and oxygen atoms in total. The molecule has 0 aromatic carbocycles. The fourth-order valence-corrected chi connectivity index (χ4v) is 1.24. The van der Waals surface area contributed by atoms with Crippen molar-refractivity contribution in [2.45, 2.75) is 0 Å². The number of rotatable bonds is 2. The second kappa shape index (κ2) is 5.70. The molecule has 0 radical (unpaired) electrons. The van der Waals surface area contributed by atoms with E-state index >= 15 is 0 Å². The van der Waals surface area contributed by atoms with Crippen LogP contribution in [0.25, 0.3) is 0 Å². The van der Waals surface area contributed by atoms with Crippen molar-refractivity contribution in [3.63, 3.8) is 0 Å². The molecule has 0 bridgehead atoms. The topological polar surface area (TPSA) is 79.2 Å². The fourth-order valence-electron chi connectivity index (χ4n) is 0.779. The van der Waals surface area contributed by atoms with E-state index in [1.165, 1.54) is 5.06 Å². The Labute approximate surface area is 92.3 Å². The molecular weight excluding hydrogens is 196 g/mol. The van der Waals surface area contributed by atoms with E-state index in [9.17, 15) is 4.57 Å². The molecular formula is C4H11NNaO5P. The second-order valence-electron chi connectivity index (χ2n) is 2.11. The number of hydrogen-bond acceptors (Lipinski definition) is 4. The molecule has 0 unspecified atom stereocenters. The van der Waals surface area contributed by atoms with Gasteiger partial charge in [0.05, 0.1) is 13.2 Å². The minimum atomic E-state index is -4.36. The molecule has 0 saturated carbocycles. The summed E-state index contributed by atoms with van der Waals surface area (Å²) >= 11 is 0. The molecule has 1 fully saturated rings. The van der Waals surface area contributed by atoms with Gasteiger partial charge in [0.2, 0.25) is 0 Å². The first-order chi connectivity index (χ1) is 5.08. The Balaban J connectivity index is 0.00000121. The molecule has 12 heavy (non-hydrogen) atoms. The van der Waals surface area contributed by atoms with Crippen LogP contribution in [-0.4, -0.2) is 70.7 Å². The Morgan fingerprint density at radius 3 is 2.25 bits per heavy atom. The summed E-state index contributed by atoms with van der Waals surface area (Å²) in [5.41, 5.74) is 0. The SMILES string of the molecule is O=P(O)(O)ON1CCOCC1.[NaH]. The molecule has 8 heteroatoms. The monoisotopic (exact) mass is 207 g/mol. The van der Waals surface area contributed by atoms with Crippen molar-refractivity contribution in [3.8, 4) is 0 Å². The van der Waals surface area contributed by atoms with Gasteiger partial charge in [-0.3, -0.25) is 0 Å². The second-order valence-corrected chi connectivity index (χ2v) is 3.26. The van der Waals surface area contributed by atoms with Crippen LogP contribution in [0.1, 0.15) is 0 Å². The van der Waals surface area contributed by atoms with Crippen LogP contribution >= 0.6 is 7.82 Å². The van der Waals surface area contributed by atoms with Gasteiger partial charge in [-0.15, -0.1) is 0 Å². The van der Waals surface area contributed by atoms with Gasteiger partial charge in [0.15, 0.2) is 0 Å². The van der Waals surface area contributed by atoms with E-state index in [0.29, 0.717) is 26.3 Å². The Bertz CT molecular complexity index is 167. The first kappa shape index (κ1) is 13.0. The Morgan fingerprint density at radius 2 is 1.83 bits per heavy atom. The Morgan fingerprint density at radius 1 is 1.33 bits per heavy atom. The van der Waals surface area contributed by atoms with E-state index in [0.717, 1.165) is 0 Å². The first-order valence-electron chi connectivity index (χ1n) is 3.16. The van der Waals surface area contributed by atoms with Crippen molar-refractivity contribution in [2.75, 3.05) is 26.3 Å². The molecule has 0 aromatic heterocycles. The van der Waals surface area contributed by atoms with Crippen molar-refractivity contribution < 1.29 is 23.7 Å². The molecule has 1 saturated heterocycles. The summed E-state index contributed by atoms with van der Waals surface area (Å²) in [5, 5.41) is 1.21. The maximum absolute atomic E-state index is 10.3. The summed E-state index contributed by atoms with van der Waals surface area (Å²) in [5.74, 6) is 0. The van der Waals surface area contributed by atoms with Crippen LogP contribution in [-0.2, 0) is 13.9 Å². The zero-order valence-corrected chi connectivity index (χ0v) is 6.74. The van der Waals surface area contributed by atoms with E-state index in [-0.39, 0.29) is 29.6 Å². The molecule has 1 aliphatic heterocycles. The zero-order valence-electron chi connectivity index (χ0n) is 5.84. The van der Waals surface area contributed by atoms with Crippen LogP contribution in [0.2, 0.25) is 0 Å². The first-order valence-corrected chi connectivity index (χ1v) is 4.69. The van der Waals surface area contributed by atoms with Gasteiger partial charge < -0.3 is 14.5 Å². The number of morpholine rings is 1. The van der Waals surface area contributed by atoms with Crippen molar-refractivity contribution in [2.24, 2.45) is 0 Å². The summed E-state index contributed by atoms with van der Waals surface area (Å²) in [6.45, 7) is 1.68. The van der Waals surface area contributed by atoms with E-state index in [4.69, 9.17) is 14.5 Å². The van der Waals surface area contributed by atoms with Gasteiger partial charge in [0.1, 0.15) is 0 Å². The van der Waals surface area contributed by atoms with E-state index in [1.807, 2.05) is 0 Å². The Hall–Kier alpha value is 1.03. The third-order valence-corrected chi connectivity index (χ3v) is 1.64. The van der Waals surface area contributed by atoms with Gasteiger partial charge in [-0.2, -0.15) is 9.69 Å². The van der Waals surface area contributed by atoms with Crippen molar-refractivity contribution in [3.05, 3.63) is 0 Å². The predicted molar refractivity (Wildman–Crippen MR) is 42.7 cm³/mol. The number of nitrogens with zero attached hydrogens (tertiary/aromatic N) is 1. The average Bonchev–Trinajstić information content (AvgIpc) is 1.85. The standard InChI is InChI=1S/C4H10NO5P.Na.H/c6-11(7,8)10-5-1-3-9-4-2-5;;/h1-4H2,(H2,6,7,8);;. The van der Waals surface area contributed by atoms with Crippen LogP contribution < -0.4 is 0 Å². The number of ether oxygens (including phenoxy) is 1. The van der Waals surface area contributed by atoms with E-state index in [1.54, 1.807) is 0 Å². The summed E-state index contributed by atoms with van der Waals surface area (Å²) in [7, 11) is -4.36. The van der Waals surface area contributed by atoms with Gasteiger partial charge in [0, 0.05) is 13.1 Å². The summed E-state index contributed by atoms with van der Waals surface area (Å²) < 4.78 is 19.5. The molecule has 0 spiro atoms. The van der Waals surface area contributed by atoms with Gasteiger partial charge in [-0.05, 0) is 0 Å². The molecule has 1 aliphatic rings. The van der Waals surface area contributed by atoms with Gasteiger partial charge >= 0.3 is 37.4 Å². The summed E-state index contributed by atoms with van der Waals surface area (Å²) in [6.07, 6.45) is 0. The van der Waals surface area contributed by atoms with Crippen molar-refractivity contribution >= 4 is 37.4 Å². The van der Waals surface area contributed by atoms with Crippen molar-refractivity contribution in [1.29, 1.82) is 0 Å². The van der Waals surface area contributed by atoms with Gasteiger partial charge in [0.25, 0.3) is 0 Å². The van der Waals surface area contributed by atoms with Crippen molar-refractivity contribution in [1.82, 2.24) is 5.06 Å². The number of hydroxylamine groups is 2. The van der Waals surface area contributed by atoms with E-state index < -0.39 is 7.82 Å².